The molecule has 0 aromatic rings. The lowest BCUT2D eigenvalue weighted by atomic mass is 9.71. The second kappa shape index (κ2) is 7.40. The molecule has 2 aliphatic rings. The highest BCUT2D eigenvalue weighted by Crippen LogP contribution is 2.39. The molecule has 4 heteroatoms. The van der Waals surface area contributed by atoms with Gasteiger partial charge in [-0.15, -0.1) is 0 Å². The van der Waals surface area contributed by atoms with Gasteiger partial charge in [0.05, 0.1) is 18.8 Å². The Bertz CT molecular complexity index is 314. The first-order valence-electron chi connectivity index (χ1n) is 8.54. The summed E-state index contributed by atoms with van der Waals surface area (Å²) in [6.07, 6.45) is 3.53. The minimum atomic E-state index is -0.353. The Morgan fingerprint density at radius 3 is 2.48 bits per heavy atom. The Balaban J connectivity index is 1.67. The monoisotopic (exact) mass is 298 g/mol. The molecule has 1 saturated heterocycles. The van der Waals surface area contributed by atoms with E-state index in [1.165, 1.54) is 6.42 Å². The van der Waals surface area contributed by atoms with Crippen LogP contribution in [0.5, 0.6) is 0 Å². The first-order valence-corrected chi connectivity index (χ1v) is 8.54. The molecule has 1 aliphatic carbocycles. The summed E-state index contributed by atoms with van der Waals surface area (Å²) in [4.78, 5) is 4.69. The first-order chi connectivity index (χ1) is 9.84. The van der Waals surface area contributed by atoms with E-state index in [4.69, 9.17) is 4.74 Å². The number of hydrogen-bond donors (Lipinski definition) is 1. The molecule has 2 fully saturated rings. The fourth-order valence-electron chi connectivity index (χ4n) is 4.01. The summed E-state index contributed by atoms with van der Waals surface area (Å²) in [5.74, 6) is 0.730. The summed E-state index contributed by atoms with van der Waals surface area (Å²) in [5.41, 5.74) is 0.380. The van der Waals surface area contributed by atoms with Gasteiger partial charge in [-0.25, -0.2) is 0 Å². The molecule has 4 nitrogen and oxygen atoms in total. The lowest BCUT2D eigenvalue weighted by Crippen LogP contribution is -2.47. The predicted molar refractivity (Wildman–Crippen MR) is 86.5 cm³/mol. The molecule has 1 heterocycles. The van der Waals surface area contributed by atoms with E-state index < -0.39 is 0 Å². The van der Waals surface area contributed by atoms with Crippen LogP contribution in [-0.4, -0.2) is 73.5 Å². The smallest absolute Gasteiger partial charge is 0.0900 e. The minimum Gasteiger partial charge on any atom is -0.389 e. The van der Waals surface area contributed by atoms with Gasteiger partial charge in [-0.1, -0.05) is 20.8 Å². The number of hydrogen-bond acceptors (Lipinski definition) is 4. The van der Waals surface area contributed by atoms with Crippen molar-refractivity contribution in [3.8, 4) is 0 Å². The Labute approximate surface area is 130 Å². The van der Waals surface area contributed by atoms with Gasteiger partial charge in [-0.3, -0.25) is 4.90 Å². The fraction of sp³-hybridized carbons (Fsp3) is 1.00. The van der Waals surface area contributed by atoms with Gasteiger partial charge < -0.3 is 14.7 Å². The molecular weight excluding hydrogens is 264 g/mol. The number of nitrogens with zero attached hydrogens (tertiary/aromatic N) is 2. The number of ether oxygens (including phenoxy) is 1. The quantitative estimate of drug-likeness (QED) is 0.840. The Morgan fingerprint density at radius 2 is 1.86 bits per heavy atom. The van der Waals surface area contributed by atoms with Gasteiger partial charge in [0, 0.05) is 32.7 Å². The van der Waals surface area contributed by atoms with Crippen molar-refractivity contribution >= 4 is 0 Å². The van der Waals surface area contributed by atoms with Crippen LogP contribution in [0.2, 0.25) is 0 Å². The van der Waals surface area contributed by atoms with Gasteiger partial charge >= 0.3 is 0 Å². The Kier molecular flexibility index (Phi) is 6.06. The third kappa shape index (κ3) is 5.85. The van der Waals surface area contributed by atoms with Crippen molar-refractivity contribution in [2.24, 2.45) is 11.3 Å². The molecule has 0 radical (unpaired) electrons. The molecule has 1 aliphatic heterocycles. The number of aliphatic hydroxyl groups is 1. The number of likely N-dealkylation sites (N-methyl/N-ethyl adjacent to an activating group) is 1. The molecule has 1 saturated carbocycles. The van der Waals surface area contributed by atoms with Gasteiger partial charge in [0.2, 0.25) is 0 Å². The van der Waals surface area contributed by atoms with Gasteiger partial charge in [-0.05, 0) is 37.6 Å². The number of piperazine rings is 1. The van der Waals surface area contributed by atoms with E-state index in [9.17, 15) is 5.11 Å². The highest BCUT2D eigenvalue weighted by molar-refractivity contribution is 4.83. The van der Waals surface area contributed by atoms with E-state index in [0.717, 1.165) is 51.5 Å². The number of β-amino-alcohol motifs (C(OH)–C–C–N with tert-alkyl or cyclic N) is 1. The molecule has 1 N–H and O–H groups in total. The van der Waals surface area contributed by atoms with E-state index >= 15 is 0 Å². The summed E-state index contributed by atoms with van der Waals surface area (Å²) in [6, 6.07) is 0. The lowest BCUT2D eigenvalue weighted by molar-refractivity contribution is -0.0630. The largest absolute Gasteiger partial charge is 0.389 e. The van der Waals surface area contributed by atoms with Crippen LogP contribution in [0, 0.1) is 11.3 Å². The molecule has 0 bridgehead atoms. The zero-order valence-corrected chi connectivity index (χ0v) is 14.3. The third-order valence-corrected chi connectivity index (χ3v) is 4.94. The van der Waals surface area contributed by atoms with Crippen molar-refractivity contribution < 1.29 is 9.84 Å². The molecule has 124 valence electrons. The van der Waals surface area contributed by atoms with Crippen LogP contribution in [-0.2, 0) is 4.74 Å². The van der Waals surface area contributed by atoms with Crippen molar-refractivity contribution in [3.63, 3.8) is 0 Å². The maximum absolute atomic E-state index is 10.2. The average molecular weight is 298 g/mol. The summed E-state index contributed by atoms with van der Waals surface area (Å²) in [7, 11) is 2.16. The molecule has 0 aromatic carbocycles. The Morgan fingerprint density at radius 1 is 1.19 bits per heavy atom. The number of aliphatic hydroxyl groups excluding tert-OH is 1. The molecule has 0 amide bonds. The van der Waals surface area contributed by atoms with Gasteiger partial charge in [0.15, 0.2) is 0 Å². The summed E-state index contributed by atoms with van der Waals surface area (Å²) < 4.78 is 6.03. The van der Waals surface area contributed by atoms with E-state index in [1.807, 2.05) is 0 Å². The number of rotatable bonds is 5. The first kappa shape index (κ1) is 17.2. The summed E-state index contributed by atoms with van der Waals surface area (Å²) >= 11 is 0. The highest BCUT2D eigenvalue weighted by atomic mass is 16.5. The van der Waals surface area contributed by atoms with Crippen molar-refractivity contribution in [2.45, 2.75) is 52.2 Å². The topological polar surface area (TPSA) is 35.9 Å². The molecule has 0 spiro atoms. The molecule has 21 heavy (non-hydrogen) atoms. The average Bonchev–Trinajstić information content (AvgIpc) is 2.37. The second-order valence-corrected chi connectivity index (χ2v) is 8.13. The van der Waals surface area contributed by atoms with E-state index in [2.05, 4.69) is 37.6 Å². The van der Waals surface area contributed by atoms with E-state index in [0.29, 0.717) is 18.1 Å². The lowest BCUT2D eigenvalue weighted by Gasteiger charge is -2.39. The van der Waals surface area contributed by atoms with Crippen LogP contribution in [0.4, 0.5) is 0 Å². The van der Waals surface area contributed by atoms with Gasteiger partial charge in [0.1, 0.15) is 0 Å². The molecule has 3 atom stereocenters. The van der Waals surface area contributed by atoms with E-state index in [-0.39, 0.29) is 6.10 Å². The second-order valence-electron chi connectivity index (χ2n) is 8.13. The van der Waals surface area contributed by atoms with Gasteiger partial charge in [0.25, 0.3) is 0 Å². The maximum atomic E-state index is 10.2. The standard InChI is InChI=1S/C17H34N2O2/c1-14-9-16(11-17(2,3)10-14)21-13-15(20)12-19-7-5-18(4)6-8-19/h14-16,20H,5-13H2,1-4H3/t14-,15-,16-/m1/s1. The van der Waals surface area contributed by atoms with Crippen molar-refractivity contribution in [1.82, 2.24) is 9.80 Å². The van der Waals surface area contributed by atoms with Crippen LogP contribution >= 0.6 is 0 Å². The maximum Gasteiger partial charge on any atom is 0.0900 e. The fourth-order valence-corrected chi connectivity index (χ4v) is 4.01. The molecule has 0 unspecified atom stereocenters. The summed E-state index contributed by atoms with van der Waals surface area (Å²) in [6.45, 7) is 12.5. The van der Waals surface area contributed by atoms with Crippen LogP contribution in [0.1, 0.15) is 40.0 Å². The molecule has 0 aromatic heterocycles. The van der Waals surface area contributed by atoms with Crippen LogP contribution in [0.3, 0.4) is 0 Å². The molecular formula is C17H34N2O2. The predicted octanol–water partition coefficient (Wildman–Crippen LogP) is 1.83. The Hall–Kier alpha value is -0.160. The van der Waals surface area contributed by atoms with Crippen molar-refractivity contribution in [3.05, 3.63) is 0 Å². The van der Waals surface area contributed by atoms with Crippen LogP contribution in [0.25, 0.3) is 0 Å². The van der Waals surface area contributed by atoms with Crippen LogP contribution in [0.15, 0.2) is 0 Å². The van der Waals surface area contributed by atoms with Crippen molar-refractivity contribution in [2.75, 3.05) is 46.4 Å². The van der Waals surface area contributed by atoms with Gasteiger partial charge in [-0.2, -0.15) is 0 Å². The van der Waals surface area contributed by atoms with E-state index in [1.54, 1.807) is 0 Å². The molecule has 2 rings (SSSR count). The normalized spacial score (nSPS) is 33.0. The zero-order valence-electron chi connectivity index (χ0n) is 14.3. The SMILES string of the molecule is C[C@@H]1C[C@@H](OC[C@H](O)CN2CCN(C)CC2)CC(C)(C)C1. The summed E-state index contributed by atoms with van der Waals surface area (Å²) in [5, 5.41) is 10.2. The minimum absolute atomic E-state index is 0.325. The zero-order chi connectivity index (χ0) is 15.5. The third-order valence-electron chi connectivity index (χ3n) is 4.94. The van der Waals surface area contributed by atoms with Crippen LogP contribution < -0.4 is 0 Å². The highest BCUT2D eigenvalue weighted by Gasteiger charge is 2.32. The van der Waals surface area contributed by atoms with Crippen molar-refractivity contribution in [1.29, 1.82) is 0 Å².